The van der Waals surface area contributed by atoms with E-state index in [1.165, 1.54) is 7.11 Å². The van der Waals surface area contributed by atoms with E-state index < -0.39 is 23.7 Å². The zero-order chi connectivity index (χ0) is 21.9. The van der Waals surface area contributed by atoms with Crippen molar-refractivity contribution in [3.8, 4) is 17.2 Å². The molecule has 160 valence electrons. The summed E-state index contributed by atoms with van der Waals surface area (Å²) >= 11 is 0. The molecule has 1 aliphatic rings. The lowest BCUT2D eigenvalue weighted by molar-refractivity contribution is -0.137. The van der Waals surface area contributed by atoms with Crippen LogP contribution in [0, 0.1) is 6.92 Å². The average Bonchev–Trinajstić information content (AvgIpc) is 2.67. The number of nitrogens with one attached hydrogen (secondary N) is 2. The van der Waals surface area contributed by atoms with Gasteiger partial charge in [-0.2, -0.15) is 13.2 Å². The highest BCUT2D eigenvalue weighted by Gasteiger charge is 2.32. The van der Waals surface area contributed by atoms with Crippen molar-refractivity contribution in [2.45, 2.75) is 32.0 Å². The van der Waals surface area contributed by atoms with Crippen molar-refractivity contribution in [2.24, 2.45) is 0 Å². The number of carbonyl (C=O) groups is 2. The summed E-state index contributed by atoms with van der Waals surface area (Å²) in [6.07, 6.45) is -4.06. The maximum Gasteiger partial charge on any atom is 0.416 e. The van der Waals surface area contributed by atoms with E-state index in [1.54, 1.807) is 25.1 Å². The second kappa shape index (κ2) is 8.64. The van der Waals surface area contributed by atoms with E-state index in [2.05, 4.69) is 10.6 Å². The molecule has 1 aliphatic heterocycles. The van der Waals surface area contributed by atoms with Gasteiger partial charge in [0.05, 0.1) is 18.2 Å². The first-order valence-corrected chi connectivity index (χ1v) is 9.28. The van der Waals surface area contributed by atoms with Gasteiger partial charge in [0.2, 0.25) is 5.91 Å². The second-order valence-corrected chi connectivity index (χ2v) is 6.96. The van der Waals surface area contributed by atoms with Gasteiger partial charge in [0.15, 0.2) is 0 Å². The first-order chi connectivity index (χ1) is 14.2. The van der Waals surface area contributed by atoms with Gasteiger partial charge in [-0.05, 0) is 55.3 Å². The van der Waals surface area contributed by atoms with Gasteiger partial charge >= 0.3 is 6.18 Å². The zero-order valence-corrected chi connectivity index (χ0v) is 16.4. The van der Waals surface area contributed by atoms with E-state index in [9.17, 15) is 22.8 Å². The lowest BCUT2D eigenvalue weighted by Crippen LogP contribution is -2.45. The van der Waals surface area contributed by atoms with Crippen LogP contribution in [0.3, 0.4) is 0 Å². The Morgan fingerprint density at radius 1 is 1.17 bits per heavy atom. The minimum absolute atomic E-state index is 0.0228. The standard InChI is InChI=1S/C21H21F3N2O4/c1-12-9-15(4-6-17(12)29-2)30-18-5-3-13(21(22,23)24)10-16(18)20(28)26-14-7-8-25-19(27)11-14/h3-6,9-10,14H,7-8,11H2,1-2H3,(H,25,27)(H,26,28). The lowest BCUT2D eigenvalue weighted by Gasteiger charge is -2.23. The van der Waals surface area contributed by atoms with Gasteiger partial charge < -0.3 is 20.1 Å². The van der Waals surface area contributed by atoms with Crippen molar-refractivity contribution >= 4 is 11.8 Å². The van der Waals surface area contributed by atoms with Crippen molar-refractivity contribution in [1.82, 2.24) is 10.6 Å². The monoisotopic (exact) mass is 422 g/mol. The minimum Gasteiger partial charge on any atom is -0.496 e. The summed E-state index contributed by atoms with van der Waals surface area (Å²) in [6.45, 7) is 2.18. The predicted octanol–water partition coefficient (Wildman–Crippen LogP) is 3.82. The summed E-state index contributed by atoms with van der Waals surface area (Å²) in [6, 6.07) is 7.18. The minimum atomic E-state index is -4.62. The van der Waals surface area contributed by atoms with Crippen LogP contribution in [-0.4, -0.2) is 31.5 Å². The molecule has 0 bridgehead atoms. The Kier molecular flexibility index (Phi) is 6.19. The summed E-state index contributed by atoms with van der Waals surface area (Å²) in [4.78, 5) is 24.3. The Bertz CT molecular complexity index is 960. The lowest BCUT2D eigenvalue weighted by atomic mass is 10.0. The molecule has 30 heavy (non-hydrogen) atoms. The number of hydrogen-bond donors (Lipinski definition) is 2. The molecule has 3 rings (SSSR count). The maximum absolute atomic E-state index is 13.2. The molecule has 2 aromatic rings. The quantitative estimate of drug-likeness (QED) is 0.768. The molecule has 1 heterocycles. The first-order valence-electron chi connectivity index (χ1n) is 9.28. The van der Waals surface area contributed by atoms with Crippen molar-refractivity contribution < 1.29 is 32.2 Å². The maximum atomic E-state index is 13.2. The van der Waals surface area contributed by atoms with E-state index >= 15 is 0 Å². The fourth-order valence-corrected chi connectivity index (χ4v) is 3.18. The van der Waals surface area contributed by atoms with E-state index in [0.717, 1.165) is 23.8 Å². The van der Waals surface area contributed by atoms with E-state index in [-0.39, 0.29) is 23.6 Å². The van der Waals surface area contributed by atoms with Crippen LogP contribution in [0.2, 0.25) is 0 Å². The number of aryl methyl sites for hydroxylation is 1. The number of halogens is 3. The average molecular weight is 422 g/mol. The van der Waals surface area contributed by atoms with Crippen molar-refractivity contribution in [3.63, 3.8) is 0 Å². The number of rotatable bonds is 5. The molecule has 0 aromatic heterocycles. The molecule has 0 aliphatic carbocycles. The number of benzene rings is 2. The van der Waals surface area contributed by atoms with Gasteiger partial charge in [-0.3, -0.25) is 9.59 Å². The number of amides is 2. The number of methoxy groups -OCH3 is 1. The second-order valence-electron chi connectivity index (χ2n) is 6.96. The molecule has 0 spiro atoms. The Balaban J connectivity index is 1.91. The van der Waals surface area contributed by atoms with E-state index in [4.69, 9.17) is 9.47 Å². The number of piperidine rings is 1. The fraction of sp³-hybridized carbons (Fsp3) is 0.333. The molecule has 1 saturated heterocycles. The van der Waals surface area contributed by atoms with Crippen LogP contribution in [0.25, 0.3) is 0 Å². The van der Waals surface area contributed by atoms with Crippen LogP contribution in [-0.2, 0) is 11.0 Å². The molecule has 6 nitrogen and oxygen atoms in total. The molecule has 1 unspecified atom stereocenters. The number of alkyl halides is 3. The summed E-state index contributed by atoms with van der Waals surface area (Å²) < 4.78 is 50.5. The van der Waals surface area contributed by atoms with Crippen molar-refractivity contribution in [1.29, 1.82) is 0 Å². The number of hydrogen-bond acceptors (Lipinski definition) is 4. The normalized spacial score (nSPS) is 16.6. The third kappa shape index (κ3) is 5.03. The van der Waals surface area contributed by atoms with Gasteiger partial charge in [0.25, 0.3) is 5.91 Å². The van der Waals surface area contributed by atoms with Gasteiger partial charge in [0.1, 0.15) is 17.2 Å². The summed E-state index contributed by atoms with van der Waals surface area (Å²) in [5, 5.41) is 5.27. The molecule has 2 N–H and O–H groups in total. The van der Waals surface area contributed by atoms with Crippen molar-refractivity contribution in [3.05, 3.63) is 53.1 Å². The SMILES string of the molecule is COc1ccc(Oc2ccc(C(F)(F)F)cc2C(=O)NC2CCNC(=O)C2)cc1C. The van der Waals surface area contributed by atoms with Gasteiger partial charge in [-0.25, -0.2) is 0 Å². The molecular formula is C21H21F3N2O4. The highest BCUT2D eigenvalue weighted by Crippen LogP contribution is 2.35. The molecule has 9 heteroatoms. The molecule has 1 fully saturated rings. The topological polar surface area (TPSA) is 76.7 Å². The van der Waals surface area contributed by atoms with Crippen LogP contribution < -0.4 is 20.1 Å². The van der Waals surface area contributed by atoms with Gasteiger partial charge in [0, 0.05) is 19.0 Å². The van der Waals surface area contributed by atoms with E-state index in [0.29, 0.717) is 24.5 Å². The van der Waals surface area contributed by atoms with Crippen LogP contribution in [0.15, 0.2) is 36.4 Å². The Labute approximate surface area is 171 Å². The molecule has 0 radical (unpaired) electrons. The first kappa shape index (κ1) is 21.5. The highest BCUT2D eigenvalue weighted by atomic mass is 19.4. The van der Waals surface area contributed by atoms with Crippen LogP contribution >= 0.6 is 0 Å². The Morgan fingerprint density at radius 2 is 1.90 bits per heavy atom. The summed E-state index contributed by atoms with van der Waals surface area (Å²) in [5.74, 6) is -0.00500. The Morgan fingerprint density at radius 3 is 2.53 bits per heavy atom. The van der Waals surface area contributed by atoms with Crippen LogP contribution in [0.5, 0.6) is 17.2 Å². The fourth-order valence-electron chi connectivity index (χ4n) is 3.18. The molecule has 1 atom stereocenters. The zero-order valence-electron chi connectivity index (χ0n) is 16.4. The summed E-state index contributed by atoms with van der Waals surface area (Å²) in [5.41, 5.74) is -0.460. The smallest absolute Gasteiger partial charge is 0.416 e. The molecule has 2 amide bonds. The van der Waals surface area contributed by atoms with E-state index in [1.807, 2.05) is 0 Å². The molecular weight excluding hydrogens is 401 g/mol. The third-order valence-electron chi connectivity index (χ3n) is 4.73. The highest BCUT2D eigenvalue weighted by molar-refractivity contribution is 5.97. The Hall–Kier alpha value is -3.23. The predicted molar refractivity (Wildman–Crippen MR) is 103 cm³/mol. The third-order valence-corrected chi connectivity index (χ3v) is 4.73. The summed E-state index contributed by atoms with van der Waals surface area (Å²) in [7, 11) is 1.52. The van der Waals surface area contributed by atoms with Crippen LogP contribution in [0.4, 0.5) is 13.2 Å². The largest absolute Gasteiger partial charge is 0.496 e. The van der Waals surface area contributed by atoms with Crippen LogP contribution in [0.1, 0.15) is 34.3 Å². The van der Waals surface area contributed by atoms with Gasteiger partial charge in [-0.15, -0.1) is 0 Å². The van der Waals surface area contributed by atoms with Crippen molar-refractivity contribution in [2.75, 3.05) is 13.7 Å². The molecule has 2 aromatic carbocycles. The number of carbonyl (C=O) groups excluding carboxylic acids is 2. The van der Waals surface area contributed by atoms with Gasteiger partial charge in [-0.1, -0.05) is 0 Å². The molecule has 0 saturated carbocycles. The number of ether oxygens (including phenoxy) is 2.